The van der Waals surface area contributed by atoms with E-state index < -0.39 is 15.6 Å². The number of likely N-dealkylation sites (N-methyl/N-ethyl adjacent to an activating group) is 2. The van der Waals surface area contributed by atoms with Crippen molar-refractivity contribution >= 4 is 15.6 Å². The lowest BCUT2D eigenvalue weighted by atomic mass is 9.43. The molecule has 13 nitrogen and oxygen atoms in total. The largest absolute Gasteiger partial charge is 0.472 e. The van der Waals surface area contributed by atoms with Crippen molar-refractivity contribution in [2.75, 3.05) is 95.0 Å². The Hall–Kier alpha value is 0.0200. The minimum Gasteiger partial charge on any atom is -0.393 e. The van der Waals surface area contributed by atoms with Crippen molar-refractivity contribution in [3.8, 4) is 0 Å². The van der Waals surface area contributed by atoms with Crippen LogP contribution in [0.4, 0.5) is 0 Å². The van der Waals surface area contributed by atoms with E-state index in [9.17, 15) is 24.0 Å². The highest BCUT2D eigenvalue weighted by Crippen LogP contribution is 2.69. The van der Waals surface area contributed by atoms with Crippen LogP contribution >= 0.6 is 15.6 Å². The maximum Gasteiger partial charge on any atom is 0.472 e. The molecule has 4 saturated carbocycles. The SMILES string of the molecule is CCCC[C@@H](C)[C@H]1CC[C@H]2[C@@H]3[C@H](OCCOP(=O)(O)OCC[N+](C)(C)C)C[C@@H]4C[C@H](O)CC[C@]4(C)[C@H]3C[C@H](OCCOP(=O)(O)OCC[N+](C)(C)C)[C@]12C. The van der Waals surface area contributed by atoms with Gasteiger partial charge in [0.2, 0.25) is 0 Å². The zero-order valence-electron chi connectivity index (χ0n) is 35.3. The van der Waals surface area contributed by atoms with Crippen LogP contribution in [0.1, 0.15) is 91.9 Å². The molecule has 0 aromatic rings. The van der Waals surface area contributed by atoms with Crippen LogP contribution in [0.5, 0.6) is 0 Å². The van der Waals surface area contributed by atoms with E-state index in [1.165, 1.54) is 12.8 Å². The second kappa shape index (κ2) is 18.9. The molecule has 0 aromatic carbocycles. The Morgan fingerprint density at radius 3 is 1.85 bits per heavy atom. The highest BCUT2D eigenvalue weighted by atomic mass is 31.2. The molecule has 0 saturated heterocycles. The van der Waals surface area contributed by atoms with Gasteiger partial charge in [0, 0.05) is 5.41 Å². The number of nitrogens with zero attached hydrogens (tertiary/aromatic N) is 2. The summed E-state index contributed by atoms with van der Waals surface area (Å²) >= 11 is 0. The zero-order valence-corrected chi connectivity index (χ0v) is 37.1. The van der Waals surface area contributed by atoms with Crippen LogP contribution in [0.15, 0.2) is 0 Å². The predicted molar refractivity (Wildman–Crippen MR) is 209 cm³/mol. The predicted octanol–water partition coefficient (Wildman–Crippen LogP) is 6.50. The number of fused-ring (bicyclic) bond motifs is 5. The van der Waals surface area contributed by atoms with Crippen molar-refractivity contribution < 1.29 is 60.6 Å². The molecule has 13 atom stereocenters. The average Bonchev–Trinajstić information content (AvgIpc) is 3.41. The van der Waals surface area contributed by atoms with Gasteiger partial charge in [-0.3, -0.25) is 18.1 Å². The van der Waals surface area contributed by atoms with E-state index in [2.05, 4.69) is 27.7 Å². The topological polar surface area (TPSA) is 150 Å². The Morgan fingerprint density at radius 1 is 0.741 bits per heavy atom. The first kappa shape index (κ1) is 46.7. The summed E-state index contributed by atoms with van der Waals surface area (Å²) in [5.41, 5.74) is -0.139. The van der Waals surface area contributed by atoms with Gasteiger partial charge in [-0.25, -0.2) is 9.13 Å². The third-order valence-corrected chi connectivity index (χ3v) is 15.9. The van der Waals surface area contributed by atoms with Gasteiger partial charge in [0.1, 0.15) is 26.3 Å². The van der Waals surface area contributed by atoms with Crippen molar-refractivity contribution in [3.05, 3.63) is 0 Å². The molecule has 4 fully saturated rings. The number of aliphatic hydroxyl groups excluding tert-OH is 1. The van der Waals surface area contributed by atoms with Crippen LogP contribution in [0.2, 0.25) is 0 Å². The lowest BCUT2D eigenvalue weighted by Crippen LogP contribution is -2.63. The van der Waals surface area contributed by atoms with E-state index in [0.29, 0.717) is 39.8 Å². The van der Waals surface area contributed by atoms with Crippen molar-refractivity contribution in [3.63, 3.8) is 0 Å². The number of phosphoric ester groups is 2. The lowest BCUT2D eigenvalue weighted by Gasteiger charge is -2.64. The Kier molecular flexibility index (Phi) is 16.4. The molecular weight excluding hydrogens is 734 g/mol. The van der Waals surface area contributed by atoms with Crippen LogP contribution in [0.3, 0.4) is 0 Å². The number of unbranched alkanes of at least 4 members (excludes halogenated alkanes) is 1. The Balaban J connectivity index is 1.53. The minimum absolute atomic E-state index is 0.00597. The molecule has 4 rings (SSSR count). The molecule has 0 bridgehead atoms. The average molecular weight is 813 g/mol. The van der Waals surface area contributed by atoms with Gasteiger partial charge in [-0.1, -0.05) is 47.0 Å². The number of phosphoric acid groups is 2. The van der Waals surface area contributed by atoms with E-state index in [1.807, 2.05) is 42.3 Å². The van der Waals surface area contributed by atoms with Gasteiger partial charge in [0.15, 0.2) is 0 Å². The summed E-state index contributed by atoms with van der Waals surface area (Å²) in [6, 6.07) is 0. The third-order valence-electron chi connectivity index (χ3n) is 13.8. The van der Waals surface area contributed by atoms with Crippen LogP contribution in [-0.2, 0) is 36.7 Å². The smallest absolute Gasteiger partial charge is 0.393 e. The first-order valence-electron chi connectivity index (χ1n) is 20.8. The second-order valence-electron chi connectivity index (χ2n) is 19.6. The summed E-state index contributed by atoms with van der Waals surface area (Å²) < 4.78 is 61.5. The number of quaternary nitrogens is 2. The first-order valence-corrected chi connectivity index (χ1v) is 23.8. The summed E-state index contributed by atoms with van der Waals surface area (Å²) in [5, 5.41) is 10.9. The molecule has 318 valence electrons. The van der Waals surface area contributed by atoms with Gasteiger partial charge < -0.3 is 33.3 Å². The summed E-state index contributed by atoms with van der Waals surface area (Å²) in [5.74, 6) is 2.13. The fourth-order valence-electron chi connectivity index (χ4n) is 10.9. The summed E-state index contributed by atoms with van der Waals surface area (Å²) in [4.78, 5) is 20.7. The van der Waals surface area contributed by atoms with Gasteiger partial charge in [-0.2, -0.15) is 0 Å². The van der Waals surface area contributed by atoms with Crippen molar-refractivity contribution in [1.82, 2.24) is 0 Å². The van der Waals surface area contributed by atoms with Gasteiger partial charge in [-0.05, 0) is 85.9 Å². The van der Waals surface area contributed by atoms with Crippen molar-refractivity contribution in [2.24, 2.45) is 46.3 Å². The third kappa shape index (κ3) is 12.3. The van der Waals surface area contributed by atoms with Gasteiger partial charge in [0.05, 0.1) is 87.0 Å². The van der Waals surface area contributed by atoms with E-state index in [0.717, 1.165) is 51.4 Å². The Labute approximate surface area is 327 Å². The first-order chi connectivity index (χ1) is 25.0. The molecule has 4 aliphatic carbocycles. The fraction of sp³-hybridized carbons (Fsp3) is 1.00. The highest BCUT2D eigenvalue weighted by Gasteiger charge is 2.66. The van der Waals surface area contributed by atoms with Gasteiger partial charge in [0.25, 0.3) is 0 Å². The van der Waals surface area contributed by atoms with E-state index >= 15 is 0 Å². The molecule has 3 N–H and O–H groups in total. The van der Waals surface area contributed by atoms with E-state index in [1.54, 1.807) is 0 Å². The monoisotopic (exact) mass is 813 g/mol. The molecule has 4 aliphatic rings. The van der Waals surface area contributed by atoms with Crippen molar-refractivity contribution in [1.29, 1.82) is 0 Å². The second-order valence-corrected chi connectivity index (χ2v) is 22.5. The molecule has 0 spiro atoms. The molecule has 0 radical (unpaired) electrons. The molecular formula is C39H78N2O11P2+2. The van der Waals surface area contributed by atoms with Crippen LogP contribution in [0.25, 0.3) is 0 Å². The summed E-state index contributed by atoms with van der Waals surface area (Å²) in [6.07, 6.45) is 9.36. The lowest BCUT2D eigenvalue weighted by molar-refractivity contribution is -0.870. The van der Waals surface area contributed by atoms with Crippen molar-refractivity contribution in [2.45, 2.75) is 110 Å². The van der Waals surface area contributed by atoms with Crippen LogP contribution in [0, 0.1) is 46.3 Å². The molecule has 15 heteroatoms. The molecule has 0 heterocycles. The summed E-state index contributed by atoms with van der Waals surface area (Å²) in [7, 11) is 3.54. The van der Waals surface area contributed by atoms with E-state index in [-0.39, 0.29) is 86.5 Å². The molecule has 0 amide bonds. The molecule has 2 unspecified atom stereocenters. The van der Waals surface area contributed by atoms with Gasteiger partial charge in [-0.15, -0.1) is 0 Å². The molecule has 0 aromatic heterocycles. The summed E-state index contributed by atoms with van der Waals surface area (Å²) in [6.45, 7) is 11.2. The Morgan fingerprint density at radius 2 is 1.30 bits per heavy atom. The highest BCUT2D eigenvalue weighted by molar-refractivity contribution is 7.47. The number of rotatable bonds is 22. The quantitative estimate of drug-likeness (QED) is 0.0625. The maximum atomic E-state index is 12.7. The molecule has 54 heavy (non-hydrogen) atoms. The number of hydrogen-bond donors (Lipinski definition) is 3. The maximum absolute atomic E-state index is 12.7. The number of ether oxygens (including phenoxy) is 2. The molecule has 0 aliphatic heterocycles. The fourth-order valence-corrected chi connectivity index (χ4v) is 12.2. The minimum atomic E-state index is -4.22. The number of aliphatic hydroxyl groups is 1. The van der Waals surface area contributed by atoms with E-state index in [4.69, 9.17) is 27.6 Å². The van der Waals surface area contributed by atoms with Gasteiger partial charge >= 0.3 is 15.6 Å². The van der Waals surface area contributed by atoms with Crippen LogP contribution in [-0.4, -0.2) is 137 Å². The zero-order chi connectivity index (χ0) is 40.2. The standard InChI is InChI=1S/C39H76N2O11P2/c1-11-12-13-29(2)32-14-15-33-37-34(28-36(39(32,33)4)48-23-25-52-54(45,46)50-21-19-41(8,9)10)38(3)17-16-31(42)26-30(38)27-35(37)47-22-24-51-53(43,44)49-20-18-40(5,6)7/h29-37,42H,11-28H2,1-10H3/p+2/t29-,30+,31-,32-,33+,34+,35-,36+,37+,38+,39-/m1/s1. The normalized spacial score (nSPS) is 37.1. The van der Waals surface area contributed by atoms with Crippen LogP contribution < -0.4 is 0 Å². The number of hydrogen-bond acceptors (Lipinski definition) is 9. The Bertz CT molecular complexity index is 1280.